The van der Waals surface area contributed by atoms with Crippen LogP contribution in [0.25, 0.3) is 0 Å². The summed E-state index contributed by atoms with van der Waals surface area (Å²) in [7, 11) is 0. The van der Waals surface area contributed by atoms with Crippen LogP contribution in [0.1, 0.15) is 26.7 Å². The van der Waals surface area contributed by atoms with Crippen molar-refractivity contribution in [1.29, 1.82) is 0 Å². The van der Waals surface area contributed by atoms with Crippen molar-refractivity contribution in [3.63, 3.8) is 0 Å². The number of benzene rings is 1. The molecule has 0 spiro atoms. The third-order valence-corrected chi connectivity index (χ3v) is 2.17. The highest BCUT2D eigenvalue weighted by molar-refractivity contribution is 5.56. The number of hydrogen-bond donors (Lipinski definition) is 1. The van der Waals surface area contributed by atoms with E-state index >= 15 is 0 Å². The van der Waals surface area contributed by atoms with Crippen LogP contribution >= 0.6 is 0 Å². The summed E-state index contributed by atoms with van der Waals surface area (Å²) in [6.45, 7) is 3.96. The van der Waals surface area contributed by atoms with Gasteiger partial charge in [-0.2, -0.15) is 0 Å². The molecule has 1 aliphatic rings. The van der Waals surface area contributed by atoms with Gasteiger partial charge < -0.3 is 15.2 Å². The molecule has 1 aromatic rings. The summed E-state index contributed by atoms with van der Waals surface area (Å²) in [5.41, 5.74) is 6.50. The molecule has 1 aliphatic carbocycles. The zero-order chi connectivity index (χ0) is 10.8. The Balaban J connectivity index is 2.07. The minimum atomic E-state index is 0.141. The Morgan fingerprint density at radius 1 is 1.33 bits per heavy atom. The summed E-state index contributed by atoms with van der Waals surface area (Å²) in [6, 6.07) is 5.61. The highest BCUT2D eigenvalue weighted by atomic mass is 16.5. The average Bonchev–Trinajstić information content (AvgIpc) is 2.93. The second-order valence-corrected chi connectivity index (χ2v) is 4.18. The van der Waals surface area contributed by atoms with E-state index in [4.69, 9.17) is 15.2 Å². The van der Waals surface area contributed by atoms with Gasteiger partial charge >= 0.3 is 0 Å². The van der Waals surface area contributed by atoms with Crippen LogP contribution in [0.4, 0.5) is 5.69 Å². The van der Waals surface area contributed by atoms with Crippen molar-refractivity contribution < 1.29 is 9.47 Å². The fourth-order valence-corrected chi connectivity index (χ4v) is 1.34. The molecule has 0 aromatic heterocycles. The van der Waals surface area contributed by atoms with Gasteiger partial charge in [-0.3, -0.25) is 0 Å². The van der Waals surface area contributed by atoms with Crippen molar-refractivity contribution >= 4 is 5.69 Å². The molecule has 15 heavy (non-hydrogen) atoms. The third kappa shape index (κ3) is 2.78. The first-order chi connectivity index (χ1) is 7.15. The number of anilines is 1. The Morgan fingerprint density at radius 2 is 2.07 bits per heavy atom. The van der Waals surface area contributed by atoms with E-state index in [2.05, 4.69) is 0 Å². The van der Waals surface area contributed by atoms with Crippen molar-refractivity contribution in [1.82, 2.24) is 0 Å². The Labute approximate surface area is 90.2 Å². The summed E-state index contributed by atoms with van der Waals surface area (Å²) < 4.78 is 11.2. The van der Waals surface area contributed by atoms with Crippen LogP contribution in [0.2, 0.25) is 0 Å². The highest BCUT2D eigenvalue weighted by Crippen LogP contribution is 2.31. The number of nitrogens with two attached hydrogens (primary N) is 1. The van der Waals surface area contributed by atoms with Gasteiger partial charge in [0.15, 0.2) is 0 Å². The lowest BCUT2D eigenvalue weighted by molar-refractivity contribution is 0.243. The molecule has 82 valence electrons. The maximum Gasteiger partial charge on any atom is 0.142 e. The van der Waals surface area contributed by atoms with Crippen LogP contribution in [0.15, 0.2) is 18.2 Å². The molecule has 1 aromatic carbocycles. The molecule has 0 bridgehead atoms. The average molecular weight is 207 g/mol. The van der Waals surface area contributed by atoms with E-state index in [1.807, 2.05) is 32.0 Å². The second kappa shape index (κ2) is 4.01. The number of hydrogen-bond acceptors (Lipinski definition) is 3. The van der Waals surface area contributed by atoms with Gasteiger partial charge in [0.2, 0.25) is 0 Å². The topological polar surface area (TPSA) is 44.5 Å². The molecule has 3 nitrogen and oxygen atoms in total. The first-order valence-electron chi connectivity index (χ1n) is 5.38. The van der Waals surface area contributed by atoms with Gasteiger partial charge in [0.25, 0.3) is 0 Å². The van der Waals surface area contributed by atoms with Crippen LogP contribution < -0.4 is 15.2 Å². The van der Waals surface area contributed by atoms with E-state index in [0.717, 1.165) is 24.3 Å². The van der Waals surface area contributed by atoms with Gasteiger partial charge in [0.1, 0.15) is 11.5 Å². The third-order valence-electron chi connectivity index (χ3n) is 2.17. The Hall–Kier alpha value is -1.38. The van der Waals surface area contributed by atoms with Crippen LogP contribution in [-0.4, -0.2) is 12.2 Å². The van der Waals surface area contributed by atoms with Crippen LogP contribution in [0.5, 0.6) is 11.5 Å². The maximum atomic E-state index is 5.86. The fraction of sp³-hybridized carbons (Fsp3) is 0.500. The van der Waals surface area contributed by atoms with Crippen LogP contribution in [0.3, 0.4) is 0 Å². The number of rotatable bonds is 4. The van der Waals surface area contributed by atoms with Gasteiger partial charge in [-0.05, 0) is 38.8 Å². The van der Waals surface area contributed by atoms with E-state index in [-0.39, 0.29) is 6.10 Å². The normalized spacial score (nSPS) is 15.4. The number of nitrogen functional groups attached to an aromatic ring is 1. The molecule has 3 heteroatoms. The minimum Gasteiger partial charge on any atom is -0.490 e. The molecule has 0 atom stereocenters. The van der Waals surface area contributed by atoms with Crippen LogP contribution in [0, 0.1) is 0 Å². The molecule has 2 N–H and O–H groups in total. The monoisotopic (exact) mass is 207 g/mol. The molecular weight excluding hydrogens is 190 g/mol. The number of ether oxygens (including phenoxy) is 2. The molecule has 0 radical (unpaired) electrons. The molecule has 1 fully saturated rings. The van der Waals surface area contributed by atoms with Gasteiger partial charge in [-0.1, -0.05) is 0 Å². The molecule has 0 amide bonds. The van der Waals surface area contributed by atoms with E-state index < -0.39 is 0 Å². The summed E-state index contributed by atoms with van der Waals surface area (Å²) >= 11 is 0. The predicted octanol–water partition coefficient (Wildman–Crippen LogP) is 2.60. The second-order valence-electron chi connectivity index (χ2n) is 4.18. The fourth-order valence-electron chi connectivity index (χ4n) is 1.34. The lowest BCUT2D eigenvalue weighted by Crippen LogP contribution is -2.07. The summed E-state index contributed by atoms with van der Waals surface area (Å²) in [5, 5.41) is 0. The van der Waals surface area contributed by atoms with Gasteiger partial charge in [-0.25, -0.2) is 0 Å². The smallest absolute Gasteiger partial charge is 0.142 e. The minimum absolute atomic E-state index is 0.141. The molecule has 0 aliphatic heterocycles. The van der Waals surface area contributed by atoms with Crippen LogP contribution in [-0.2, 0) is 0 Å². The SMILES string of the molecule is CC(C)Oc1ccc(OC2CC2)cc1N. The lowest BCUT2D eigenvalue weighted by Gasteiger charge is -2.13. The Morgan fingerprint density at radius 3 is 2.60 bits per heavy atom. The van der Waals surface area contributed by atoms with Crippen molar-refractivity contribution in [3.05, 3.63) is 18.2 Å². The first kappa shape index (κ1) is 10.1. The van der Waals surface area contributed by atoms with Gasteiger partial charge in [0, 0.05) is 6.07 Å². The molecular formula is C12H17NO2. The summed E-state index contributed by atoms with van der Waals surface area (Å²) in [5.74, 6) is 1.57. The maximum absolute atomic E-state index is 5.86. The van der Waals surface area contributed by atoms with Crippen molar-refractivity contribution in [2.75, 3.05) is 5.73 Å². The standard InChI is InChI=1S/C12H17NO2/c1-8(2)14-12-6-5-10(7-11(12)13)15-9-3-4-9/h5-9H,3-4,13H2,1-2H3. The molecule has 0 heterocycles. The molecule has 1 saturated carbocycles. The molecule has 0 unspecified atom stereocenters. The molecule has 0 saturated heterocycles. The van der Waals surface area contributed by atoms with Crippen molar-refractivity contribution in [3.8, 4) is 11.5 Å². The van der Waals surface area contributed by atoms with E-state index in [9.17, 15) is 0 Å². The lowest BCUT2D eigenvalue weighted by atomic mass is 10.3. The Bertz CT molecular complexity index is 345. The largest absolute Gasteiger partial charge is 0.490 e. The zero-order valence-electron chi connectivity index (χ0n) is 9.19. The van der Waals surface area contributed by atoms with E-state index in [1.54, 1.807) is 0 Å². The Kier molecular flexibility index (Phi) is 2.71. The summed E-state index contributed by atoms with van der Waals surface area (Å²) in [6.07, 6.45) is 2.86. The van der Waals surface area contributed by atoms with Crippen molar-refractivity contribution in [2.45, 2.75) is 38.9 Å². The quantitative estimate of drug-likeness (QED) is 0.772. The van der Waals surface area contributed by atoms with E-state index in [1.165, 1.54) is 0 Å². The highest BCUT2D eigenvalue weighted by Gasteiger charge is 2.23. The van der Waals surface area contributed by atoms with Crippen molar-refractivity contribution in [2.24, 2.45) is 0 Å². The zero-order valence-corrected chi connectivity index (χ0v) is 9.19. The van der Waals surface area contributed by atoms with E-state index in [0.29, 0.717) is 11.8 Å². The predicted molar refractivity (Wildman–Crippen MR) is 60.3 cm³/mol. The molecule has 2 rings (SSSR count). The summed E-state index contributed by atoms with van der Waals surface area (Å²) in [4.78, 5) is 0. The first-order valence-corrected chi connectivity index (χ1v) is 5.38. The van der Waals surface area contributed by atoms with Gasteiger partial charge in [0.05, 0.1) is 17.9 Å². The van der Waals surface area contributed by atoms with Gasteiger partial charge in [-0.15, -0.1) is 0 Å².